The van der Waals surface area contributed by atoms with Gasteiger partial charge < -0.3 is 10.2 Å². The van der Waals surface area contributed by atoms with Gasteiger partial charge in [-0.15, -0.1) is 0 Å². The van der Waals surface area contributed by atoms with E-state index in [-0.39, 0.29) is 5.91 Å². The van der Waals surface area contributed by atoms with Crippen molar-refractivity contribution < 1.29 is 4.79 Å². The molecule has 0 radical (unpaired) electrons. The summed E-state index contributed by atoms with van der Waals surface area (Å²) in [6, 6.07) is 0. The number of likely N-dealkylation sites (N-methyl/N-ethyl adjacent to an activating group) is 1. The Balaban J connectivity index is 1.80. The number of carbonyl (C=O) groups is 1. The van der Waals surface area contributed by atoms with Gasteiger partial charge in [-0.2, -0.15) is 0 Å². The van der Waals surface area contributed by atoms with Crippen molar-refractivity contribution in [1.29, 1.82) is 0 Å². The molecule has 15 heavy (non-hydrogen) atoms. The molecule has 4 heteroatoms. The van der Waals surface area contributed by atoms with Crippen LogP contribution in [0.25, 0.3) is 0 Å². The fourth-order valence-corrected chi connectivity index (χ4v) is 2.57. The first-order valence-corrected chi connectivity index (χ1v) is 5.87. The molecule has 2 heterocycles. The third kappa shape index (κ3) is 2.32. The van der Waals surface area contributed by atoms with Crippen molar-refractivity contribution in [3.63, 3.8) is 0 Å². The van der Waals surface area contributed by atoms with Crippen LogP contribution in [-0.4, -0.2) is 62.0 Å². The van der Waals surface area contributed by atoms with Gasteiger partial charge in [-0.1, -0.05) is 0 Å². The summed E-state index contributed by atoms with van der Waals surface area (Å²) in [5, 5.41) is 3.41. The van der Waals surface area contributed by atoms with E-state index >= 15 is 0 Å². The second-order valence-corrected chi connectivity index (χ2v) is 4.78. The molecule has 0 saturated carbocycles. The lowest BCUT2D eigenvalue weighted by molar-refractivity contribution is -0.130. The number of fused-ring (bicyclic) bond motifs is 1. The first-order chi connectivity index (χ1) is 7.20. The van der Waals surface area contributed by atoms with Gasteiger partial charge >= 0.3 is 0 Å². The number of hydrogen-bond donors (Lipinski definition) is 1. The SMILES string of the molecule is CCN(C)C(=O)CN1C[C@H]2CNC[C@H]2C1. The molecule has 2 saturated heterocycles. The molecule has 0 spiro atoms. The molecule has 0 aromatic carbocycles. The molecule has 2 atom stereocenters. The summed E-state index contributed by atoms with van der Waals surface area (Å²) in [4.78, 5) is 15.8. The first-order valence-electron chi connectivity index (χ1n) is 5.87. The van der Waals surface area contributed by atoms with Gasteiger partial charge in [0.1, 0.15) is 0 Å². The predicted molar refractivity (Wildman–Crippen MR) is 59.6 cm³/mol. The first kappa shape index (κ1) is 10.9. The number of nitrogens with one attached hydrogen (secondary N) is 1. The maximum Gasteiger partial charge on any atom is 0.236 e. The van der Waals surface area contributed by atoms with Crippen molar-refractivity contribution in [3.05, 3.63) is 0 Å². The van der Waals surface area contributed by atoms with E-state index in [4.69, 9.17) is 0 Å². The molecular weight excluding hydrogens is 190 g/mol. The third-order valence-electron chi connectivity index (χ3n) is 3.72. The van der Waals surface area contributed by atoms with Crippen LogP contribution in [0.4, 0.5) is 0 Å². The van der Waals surface area contributed by atoms with E-state index in [0.29, 0.717) is 6.54 Å². The average Bonchev–Trinajstić information content (AvgIpc) is 2.76. The fraction of sp³-hybridized carbons (Fsp3) is 0.909. The van der Waals surface area contributed by atoms with Gasteiger partial charge in [-0.3, -0.25) is 9.69 Å². The standard InChI is InChI=1S/C11H21N3O/c1-3-13(2)11(15)8-14-6-9-4-12-5-10(9)7-14/h9-10,12H,3-8H2,1-2H3/t9-,10+. The Labute approximate surface area is 91.6 Å². The lowest BCUT2D eigenvalue weighted by Gasteiger charge is -2.20. The lowest BCUT2D eigenvalue weighted by Crippen LogP contribution is -2.38. The Morgan fingerprint density at radius 1 is 1.40 bits per heavy atom. The normalized spacial score (nSPS) is 30.5. The number of rotatable bonds is 3. The van der Waals surface area contributed by atoms with Crippen LogP contribution in [0, 0.1) is 11.8 Å². The molecular formula is C11H21N3O. The average molecular weight is 211 g/mol. The number of amides is 1. The highest BCUT2D eigenvalue weighted by atomic mass is 16.2. The maximum absolute atomic E-state index is 11.7. The molecule has 0 bridgehead atoms. The molecule has 2 aliphatic rings. The van der Waals surface area contributed by atoms with E-state index < -0.39 is 0 Å². The van der Waals surface area contributed by atoms with E-state index in [1.807, 2.05) is 14.0 Å². The molecule has 0 aromatic rings. The summed E-state index contributed by atoms with van der Waals surface area (Å²) in [6.45, 7) is 7.90. The van der Waals surface area contributed by atoms with Crippen molar-refractivity contribution in [2.24, 2.45) is 11.8 Å². The molecule has 4 nitrogen and oxygen atoms in total. The highest BCUT2D eigenvalue weighted by Crippen LogP contribution is 2.25. The van der Waals surface area contributed by atoms with Crippen LogP contribution in [-0.2, 0) is 4.79 Å². The van der Waals surface area contributed by atoms with E-state index in [2.05, 4.69) is 10.2 Å². The Kier molecular flexibility index (Phi) is 3.26. The Morgan fingerprint density at radius 3 is 2.53 bits per heavy atom. The molecule has 0 aromatic heterocycles. The van der Waals surface area contributed by atoms with Gasteiger partial charge in [0.15, 0.2) is 0 Å². The molecule has 0 aliphatic carbocycles. The second-order valence-electron chi connectivity index (χ2n) is 4.78. The second kappa shape index (κ2) is 4.49. The highest BCUT2D eigenvalue weighted by molar-refractivity contribution is 5.77. The van der Waals surface area contributed by atoms with Crippen molar-refractivity contribution >= 4 is 5.91 Å². The molecule has 2 rings (SSSR count). The smallest absolute Gasteiger partial charge is 0.236 e. The minimum Gasteiger partial charge on any atom is -0.345 e. The zero-order valence-corrected chi connectivity index (χ0v) is 9.70. The third-order valence-corrected chi connectivity index (χ3v) is 3.72. The van der Waals surface area contributed by atoms with Crippen LogP contribution in [0.3, 0.4) is 0 Å². The summed E-state index contributed by atoms with van der Waals surface area (Å²) in [6.07, 6.45) is 0. The zero-order valence-electron chi connectivity index (χ0n) is 9.70. The summed E-state index contributed by atoms with van der Waals surface area (Å²) in [5.41, 5.74) is 0. The molecule has 2 fully saturated rings. The largest absolute Gasteiger partial charge is 0.345 e. The quantitative estimate of drug-likeness (QED) is 0.691. The van der Waals surface area contributed by atoms with Gasteiger partial charge in [-0.05, 0) is 31.8 Å². The highest BCUT2D eigenvalue weighted by Gasteiger charge is 2.36. The Hall–Kier alpha value is -0.610. The predicted octanol–water partition coefficient (Wildman–Crippen LogP) is -0.384. The Morgan fingerprint density at radius 2 is 2.00 bits per heavy atom. The van der Waals surface area contributed by atoms with E-state index in [1.54, 1.807) is 4.90 Å². The number of likely N-dealkylation sites (tertiary alicyclic amines) is 1. The van der Waals surface area contributed by atoms with Crippen LogP contribution in [0.1, 0.15) is 6.92 Å². The summed E-state index contributed by atoms with van der Waals surface area (Å²) < 4.78 is 0. The van der Waals surface area contributed by atoms with Crippen LogP contribution in [0.15, 0.2) is 0 Å². The summed E-state index contributed by atoms with van der Waals surface area (Å²) in [5.74, 6) is 1.82. The molecule has 1 N–H and O–H groups in total. The van der Waals surface area contributed by atoms with Gasteiger partial charge in [0.2, 0.25) is 5.91 Å². The summed E-state index contributed by atoms with van der Waals surface area (Å²) in [7, 11) is 1.88. The van der Waals surface area contributed by atoms with Crippen molar-refractivity contribution in [2.75, 3.05) is 46.3 Å². The number of nitrogens with zero attached hydrogens (tertiary/aromatic N) is 2. The summed E-state index contributed by atoms with van der Waals surface area (Å²) >= 11 is 0. The van der Waals surface area contributed by atoms with Crippen molar-refractivity contribution in [2.45, 2.75) is 6.92 Å². The van der Waals surface area contributed by atoms with Crippen LogP contribution >= 0.6 is 0 Å². The molecule has 2 aliphatic heterocycles. The fourth-order valence-electron chi connectivity index (χ4n) is 2.57. The van der Waals surface area contributed by atoms with Gasteiger partial charge in [0.05, 0.1) is 6.54 Å². The maximum atomic E-state index is 11.7. The minimum atomic E-state index is 0.255. The van der Waals surface area contributed by atoms with Gasteiger partial charge in [-0.25, -0.2) is 0 Å². The number of carbonyl (C=O) groups excluding carboxylic acids is 1. The number of hydrogen-bond acceptors (Lipinski definition) is 3. The van der Waals surface area contributed by atoms with Crippen LogP contribution in [0.2, 0.25) is 0 Å². The van der Waals surface area contributed by atoms with E-state index in [1.165, 1.54) is 0 Å². The van der Waals surface area contributed by atoms with Crippen molar-refractivity contribution in [3.8, 4) is 0 Å². The van der Waals surface area contributed by atoms with E-state index in [9.17, 15) is 4.79 Å². The molecule has 86 valence electrons. The zero-order chi connectivity index (χ0) is 10.8. The van der Waals surface area contributed by atoms with Crippen LogP contribution < -0.4 is 5.32 Å². The molecule has 0 unspecified atom stereocenters. The van der Waals surface area contributed by atoms with E-state index in [0.717, 1.165) is 44.6 Å². The van der Waals surface area contributed by atoms with Gasteiger partial charge in [0, 0.05) is 26.7 Å². The lowest BCUT2D eigenvalue weighted by atomic mass is 10.0. The topological polar surface area (TPSA) is 35.6 Å². The monoisotopic (exact) mass is 211 g/mol. The van der Waals surface area contributed by atoms with Crippen LogP contribution in [0.5, 0.6) is 0 Å². The molecule has 1 amide bonds. The minimum absolute atomic E-state index is 0.255. The van der Waals surface area contributed by atoms with Crippen molar-refractivity contribution in [1.82, 2.24) is 15.1 Å². The Bertz CT molecular complexity index is 232. The van der Waals surface area contributed by atoms with Gasteiger partial charge in [0.25, 0.3) is 0 Å².